The van der Waals surface area contributed by atoms with Crippen molar-refractivity contribution in [2.75, 3.05) is 12.3 Å². The van der Waals surface area contributed by atoms with E-state index >= 15 is 0 Å². The second-order valence-electron chi connectivity index (χ2n) is 4.42. The number of benzene rings is 2. The molecule has 19 heavy (non-hydrogen) atoms. The van der Waals surface area contributed by atoms with Crippen molar-refractivity contribution in [2.24, 2.45) is 0 Å². The molecule has 0 saturated carbocycles. The second-order valence-corrected chi connectivity index (χ2v) is 4.42. The van der Waals surface area contributed by atoms with Crippen molar-refractivity contribution < 1.29 is 4.74 Å². The van der Waals surface area contributed by atoms with Gasteiger partial charge < -0.3 is 15.5 Å². The predicted molar refractivity (Wildman–Crippen MR) is 79.3 cm³/mol. The highest BCUT2D eigenvalue weighted by atomic mass is 16.5. The Morgan fingerprint density at radius 2 is 1.89 bits per heavy atom. The molecule has 3 aromatic rings. The van der Waals surface area contributed by atoms with Crippen LogP contribution in [0.2, 0.25) is 0 Å². The Bertz CT molecular complexity index is 701. The lowest BCUT2D eigenvalue weighted by molar-refractivity contribution is 0.341. The third-order valence-corrected chi connectivity index (χ3v) is 3.18. The molecule has 96 valence electrons. The fraction of sp³-hybridized carbons (Fsp3) is 0.125. The maximum Gasteiger partial charge on any atom is 0.120 e. The van der Waals surface area contributed by atoms with Gasteiger partial charge in [0, 0.05) is 16.5 Å². The average Bonchev–Trinajstić information content (AvgIpc) is 2.78. The lowest BCUT2D eigenvalue weighted by atomic mass is 10.1. The van der Waals surface area contributed by atoms with E-state index in [9.17, 15) is 0 Å². The van der Waals surface area contributed by atoms with Gasteiger partial charge in [0.05, 0.1) is 18.0 Å². The summed E-state index contributed by atoms with van der Waals surface area (Å²) in [5.41, 5.74) is 10.1. The first kappa shape index (κ1) is 11.7. The molecular formula is C16H16N2O. The molecule has 0 spiro atoms. The van der Waals surface area contributed by atoms with Crippen LogP contribution in [0.25, 0.3) is 22.2 Å². The van der Waals surface area contributed by atoms with Gasteiger partial charge in [-0.05, 0) is 25.1 Å². The zero-order valence-corrected chi connectivity index (χ0v) is 10.8. The van der Waals surface area contributed by atoms with E-state index in [1.165, 1.54) is 0 Å². The fourth-order valence-corrected chi connectivity index (χ4v) is 2.28. The van der Waals surface area contributed by atoms with Gasteiger partial charge in [0.25, 0.3) is 0 Å². The molecule has 3 N–H and O–H groups in total. The van der Waals surface area contributed by atoms with Crippen LogP contribution < -0.4 is 10.5 Å². The van der Waals surface area contributed by atoms with Gasteiger partial charge in [-0.15, -0.1) is 0 Å². The van der Waals surface area contributed by atoms with Gasteiger partial charge in [0.1, 0.15) is 5.75 Å². The summed E-state index contributed by atoms with van der Waals surface area (Å²) in [6, 6.07) is 16.0. The lowest BCUT2D eigenvalue weighted by Crippen LogP contribution is -1.91. The number of nitrogen functional groups attached to an aromatic ring is 1. The first-order valence-corrected chi connectivity index (χ1v) is 6.39. The van der Waals surface area contributed by atoms with Crippen molar-refractivity contribution in [1.82, 2.24) is 4.98 Å². The number of H-pyrrole nitrogens is 1. The van der Waals surface area contributed by atoms with Crippen LogP contribution in [-0.2, 0) is 0 Å². The van der Waals surface area contributed by atoms with Crippen LogP contribution in [0.15, 0.2) is 48.5 Å². The Labute approximate surface area is 112 Å². The van der Waals surface area contributed by atoms with Crippen LogP contribution in [0.5, 0.6) is 5.75 Å². The Balaban J connectivity index is 2.15. The molecule has 0 fully saturated rings. The van der Waals surface area contributed by atoms with E-state index in [2.05, 4.69) is 4.98 Å². The molecule has 0 atom stereocenters. The average molecular weight is 252 g/mol. The number of ether oxygens (including phenoxy) is 1. The number of fused-ring (bicyclic) bond motifs is 1. The van der Waals surface area contributed by atoms with E-state index in [1.54, 1.807) is 0 Å². The van der Waals surface area contributed by atoms with Gasteiger partial charge >= 0.3 is 0 Å². The molecule has 0 amide bonds. The molecule has 0 aliphatic rings. The van der Waals surface area contributed by atoms with Gasteiger partial charge in [-0.2, -0.15) is 0 Å². The van der Waals surface area contributed by atoms with Crippen molar-refractivity contribution in [3.63, 3.8) is 0 Å². The van der Waals surface area contributed by atoms with Crippen LogP contribution in [0.4, 0.5) is 5.69 Å². The minimum Gasteiger partial charge on any atom is -0.494 e. The molecule has 0 aliphatic heterocycles. The lowest BCUT2D eigenvalue weighted by Gasteiger charge is -2.02. The zero-order valence-electron chi connectivity index (χ0n) is 10.8. The van der Waals surface area contributed by atoms with E-state index in [4.69, 9.17) is 10.5 Å². The van der Waals surface area contributed by atoms with Gasteiger partial charge in [-0.1, -0.05) is 30.3 Å². The fourth-order valence-electron chi connectivity index (χ4n) is 2.28. The first-order chi connectivity index (χ1) is 9.29. The Morgan fingerprint density at radius 3 is 2.63 bits per heavy atom. The molecule has 2 aromatic carbocycles. The SMILES string of the molecule is CCOc1ccc2[nH]c(-c3ccccc3)c(N)c2c1. The van der Waals surface area contributed by atoms with E-state index in [1.807, 2.05) is 55.5 Å². The number of nitrogens with two attached hydrogens (primary N) is 1. The molecule has 3 nitrogen and oxygen atoms in total. The molecular weight excluding hydrogens is 236 g/mol. The largest absolute Gasteiger partial charge is 0.494 e. The Morgan fingerprint density at radius 1 is 1.11 bits per heavy atom. The van der Waals surface area contributed by atoms with E-state index in [0.717, 1.165) is 33.6 Å². The van der Waals surface area contributed by atoms with E-state index in [-0.39, 0.29) is 0 Å². The molecule has 0 radical (unpaired) electrons. The monoisotopic (exact) mass is 252 g/mol. The van der Waals surface area contributed by atoms with Gasteiger partial charge in [-0.25, -0.2) is 0 Å². The molecule has 0 aliphatic carbocycles. The summed E-state index contributed by atoms with van der Waals surface area (Å²) < 4.78 is 5.51. The number of hydrogen-bond donors (Lipinski definition) is 2. The number of aromatic nitrogens is 1. The summed E-state index contributed by atoms with van der Waals surface area (Å²) in [6.07, 6.45) is 0. The number of anilines is 1. The van der Waals surface area contributed by atoms with E-state index < -0.39 is 0 Å². The first-order valence-electron chi connectivity index (χ1n) is 6.39. The third-order valence-electron chi connectivity index (χ3n) is 3.18. The van der Waals surface area contributed by atoms with Gasteiger partial charge in [0.2, 0.25) is 0 Å². The molecule has 0 unspecified atom stereocenters. The van der Waals surface area contributed by atoms with E-state index in [0.29, 0.717) is 6.61 Å². The summed E-state index contributed by atoms with van der Waals surface area (Å²) in [5.74, 6) is 0.848. The molecule has 3 rings (SSSR count). The van der Waals surface area contributed by atoms with Gasteiger partial charge in [-0.3, -0.25) is 0 Å². The Hall–Kier alpha value is -2.42. The predicted octanol–water partition coefficient (Wildman–Crippen LogP) is 3.82. The quantitative estimate of drug-likeness (QED) is 0.744. The van der Waals surface area contributed by atoms with Crippen molar-refractivity contribution in [2.45, 2.75) is 6.92 Å². The number of hydrogen-bond acceptors (Lipinski definition) is 2. The summed E-state index contributed by atoms with van der Waals surface area (Å²) >= 11 is 0. The number of aromatic amines is 1. The molecule has 1 heterocycles. The molecule has 1 aromatic heterocycles. The Kier molecular flexibility index (Phi) is 2.88. The zero-order chi connectivity index (χ0) is 13.2. The minimum absolute atomic E-state index is 0.654. The highest BCUT2D eigenvalue weighted by Gasteiger charge is 2.10. The normalized spacial score (nSPS) is 10.8. The van der Waals surface area contributed by atoms with Crippen LogP contribution in [-0.4, -0.2) is 11.6 Å². The maximum atomic E-state index is 6.25. The summed E-state index contributed by atoms with van der Waals surface area (Å²) in [5, 5.41) is 1.00. The maximum absolute atomic E-state index is 6.25. The summed E-state index contributed by atoms with van der Waals surface area (Å²) in [7, 11) is 0. The third kappa shape index (κ3) is 2.03. The van der Waals surface area contributed by atoms with Crippen molar-refractivity contribution in [3.8, 4) is 17.0 Å². The standard InChI is InChI=1S/C16H16N2O/c1-2-19-12-8-9-14-13(10-12)15(17)16(18-14)11-6-4-3-5-7-11/h3-10,18H,2,17H2,1H3. The highest BCUT2D eigenvalue weighted by molar-refractivity contribution is 6.00. The van der Waals surface area contributed by atoms with Crippen LogP contribution in [0.3, 0.4) is 0 Å². The second kappa shape index (κ2) is 4.69. The van der Waals surface area contributed by atoms with Crippen LogP contribution in [0.1, 0.15) is 6.92 Å². The topological polar surface area (TPSA) is 51.0 Å². The van der Waals surface area contributed by atoms with Crippen LogP contribution in [0, 0.1) is 0 Å². The summed E-state index contributed by atoms with van der Waals surface area (Å²) in [6.45, 7) is 2.63. The number of rotatable bonds is 3. The van der Waals surface area contributed by atoms with Crippen molar-refractivity contribution in [3.05, 3.63) is 48.5 Å². The smallest absolute Gasteiger partial charge is 0.120 e. The van der Waals surface area contributed by atoms with Crippen LogP contribution >= 0.6 is 0 Å². The van der Waals surface area contributed by atoms with Crippen molar-refractivity contribution in [1.29, 1.82) is 0 Å². The highest BCUT2D eigenvalue weighted by Crippen LogP contribution is 2.34. The van der Waals surface area contributed by atoms with Gasteiger partial charge in [0.15, 0.2) is 0 Å². The summed E-state index contributed by atoms with van der Waals surface area (Å²) in [4.78, 5) is 3.37. The molecule has 0 bridgehead atoms. The van der Waals surface area contributed by atoms with Crippen molar-refractivity contribution >= 4 is 16.6 Å². The molecule has 3 heteroatoms. The number of nitrogens with one attached hydrogen (secondary N) is 1. The minimum atomic E-state index is 0.654. The molecule has 0 saturated heterocycles.